The minimum atomic E-state index is -1.56. The van der Waals surface area contributed by atoms with E-state index in [0.29, 0.717) is 159 Å². The lowest BCUT2D eigenvalue weighted by Crippen LogP contribution is -2.58. The standard InChI is InChI=1S/C78H105N9O12/c1-5-66(79-3)70(90)51-65-57(53-88)32-36-62-38-42-69(87(62)76(65)95)75(94)82-78(58-26-15-9-16-27-58,59-28-17-10-18-29-59)72(92)30-19-20-44-97-46-48-99-49-47-98-45-21-43-85-52-60(83-84-85)34-40-63(89)39-33-56-31-35-61-37-41-68(86(61)77(96)73(56)81-74(93)67(6-2)80-4)71(91)50-64(54-22-11-7-12-23-54)55-24-13-8-14-25-55/h7-18,22-29,52,56-57,61-62,64-69,73,79-80,88H,5-6,19-21,30-51,53H2,1-4H3,(H,81,93)(H,82,94)/t56-,57-,61+,62+,65+,66+,67+,68+,69+,73+/m1/s1. The molecular formula is C78H105N9O12. The number of hydrogen-bond acceptors (Lipinski definition) is 16. The number of hydrogen-bond donors (Lipinski definition) is 5. The van der Waals surface area contributed by atoms with Crippen LogP contribution in [0.3, 0.4) is 0 Å². The molecular weight excluding hydrogens is 1250 g/mol. The Labute approximate surface area is 584 Å². The number of likely N-dealkylation sites (N-methyl/N-ethyl adjacent to an activating group) is 2. The summed E-state index contributed by atoms with van der Waals surface area (Å²) in [6, 6.07) is 34.9. The first-order chi connectivity index (χ1) is 48.2. The average Bonchev–Trinajstić information content (AvgIpc) is 1.69. The fraction of sp³-hybridized carbons (Fsp3) is 0.564. The topological polar surface area (TPSA) is 270 Å². The molecule has 0 aliphatic carbocycles. The number of nitrogens with zero attached hydrogens (tertiary/aromatic N) is 5. The van der Waals surface area contributed by atoms with E-state index in [0.717, 1.165) is 11.1 Å². The third-order valence-corrected chi connectivity index (χ3v) is 21.1. The molecule has 534 valence electrons. The van der Waals surface area contributed by atoms with Crippen LogP contribution in [0.2, 0.25) is 0 Å². The summed E-state index contributed by atoms with van der Waals surface area (Å²) in [7, 11) is 3.44. The normalized spacial score (nSPS) is 21.5. The molecule has 5 N–H and O–H groups in total. The van der Waals surface area contributed by atoms with Crippen molar-refractivity contribution < 1.29 is 57.7 Å². The molecule has 5 aromatic rings. The third-order valence-electron chi connectivity index (χ3n) is 21.1. The summed E-state index contributed by atoms with van der Waals surface area (Å²) in [6.45, 7) is 6.55. The highest BCUT2D eigenvalue weighted by molar-refractivity contribution is 6.00. The Hall–Kier alpha value is -7.66. The molecule has 0 spiro atoms. The number of aliphatic hydroxyl groups excluding tert-OH is 1. The number of rotatable bonds is 41. The number of Topliss-reactive ketones (excluding diaryl/α,β-unsaturated/α-hetero) is 4. The number of carbonyl (C=O) groups excluding carboxylic acids is 8. The van der Waals surface area contributed by atoms with Gasteiger partial charge in [-0.15, -0.1) is 5.10 Å². The van der Waals surface area contributed by atoms with E-state index in [1.807, 2.05) is 141 Å². The van der Waals surface area contributed by atoms with Gasteiger partial charge < -0.3 is 50.4 Å². The van der Waals surface area contributed by atoms with E-state index in [9.17, 15) is 43.5 Å². The summed E-state index contributed by atoms with van der Waals surface area (Å²) >= 11 is 0. The van der Waals surface area contributed by atoms with Gasteiger partial charge in [-0.05, 0) is 144 Å². The highest BCUT2D eigenvalue weighted by Gasteiger charge is 2.52. The van der Waals surface area contributed by atoms with Crippen molar-refractivity contribution in [1.82, 2.24) is 46.1 Å². The van der Waals surface area contributed by atoms with Crippen LogP contribution in [-0.4, -0.2) is 179 Å². The zero-order chi connectivity index (χ0) is 70.1. The zero-order valence-electron chi connectivity index (χ0n) is 58.4. The maximum atomic E-state index is 15.0. The van der Waals surface area contributed by atoms with Gasteiger partial charge in [-0.1, -0.05) is 140 Å². The number of aromatic nitrogens is 3. The minimum Gasteiger partial charge on any atom is -0.396 e. The van der Waals surface area contributed by atoms with Crippen molar-refractivity contribution in [3.63, 3.8) is 0 Å². The van der Waals surface area contributed by atoms with Crippen molar-refractivity contribution in [2.45, 2.75) is 203 Å². The SMILES string of the molecule is CC[C@H](NC)C(=O)C[C@@H]1C(=O)N2[C@@H](CC[C@@H]1CO)CC[C@H]2C(=O)NC(C(=O)CCCCOCCOCCOCCCn1cc(CCC(=O)CC[C@H]2CC[C@H]3CC[C@@H](C(=O)CC(c4ccccc4)c4ccccc4)N3C(=O)[C@H]2NC(=O)[C@H](CC)NC)nn1)(c1ccccc1)c1ccccc1. The molecule has 0 saturated carbocycles. The number of amides is 4. The van der Waals surface area contributed by atoms with E-state index in [2.05, 4.69) is 31.6 Å². The van der Waals surface area contributed by atoms with E-state index in [-0.39, 0.29) is 103 Å². The predicted molar refractivity (Wildman–Crippen MR) is 376 cm³/mol. The lowest BCUT2D eigenvalue weighted by Gasteiger charge is -2.38. The second-order valence-corrected chi connectivity index (χ2v) is 27.2. The van der Waals surface area contributed by atoms with Gasteiger partial charge in [0.05, 0.1) is 56.2 Å². The summed E-state index contributed by atoms with van der Waals surface area (Å²) in [5.74, 6) is -3.09. The van der Waals surface area contributed by atoms with Crippen molar-refractivity contribution in [3.8, 4) is 0 Å². The minimum absolute atomic E-state index is 0.0135. The second-order valence-electron chi connectivity index (χ2n) is 27.2. The van der Waals surface area contributed by atoms with E-state index >= 15 is 0 Å². The van der Waals surface area contributed by atoms with Gasteiger partial charge in [0.25, 0.3) is 0 Å². The zero-order valence-corrected chi connectivity index (χ0v) is 58.4. The first-order valence-electron chi connectivity index (χ1n) is 36.4. The van der Waals surface area contributed by atoms with Crippen molar-refractivity contribution in [1.29, 1.82) is 0 Å². The molecule has 0 unspecified atom stereocenters. The van der Waals surface area contributed by atoms with Gasteiger partial charge in [0.1, 0.15) is 23.4 Å². The van der Waals surface area contributed by atoms with Crippen LogP contribution in [0, 0.1) is 17.8 Å². The Morgan fingerprint density at radius 1 is 0.606 bits per heavy atom. The van der Waals surface area contributed by atoms with Crippen LogP contribution in [0.4, 0.5) is 0 Å². The molecule has 21 heteroatoms. The molecule has 4 aliphatic heterocycles. The predicted octanol–water partition coefficient (Wildman–Crippen LogP) is 8.18. The Balaban J connectivity index is 0.673. The van der Waals surface area contributed by atoms with Crippen LogP contribution in [0.25, 0.3) is 0 Å². The van der Waals surface area contributed by atoms with Crippen LogP contribution in [0.5, 0.6) is 0 Å². The molecule has 5 heterocycles. The van der Waals surface area contributed by atoms with Crippen LogP contribution >= 0.6 is 0 Å². The number of carbonyl (C=O) groups is 8. The fourth-order valence-electron chi connectivity index (χ4n) is 15.5. The van der Waals surface area contributed by atoms with Gasteiger partial charge >= 0.3 is 0 Å². The third kappa shape index (κ3) is 19.7. The Morgan fingerprint density at radius 2 is 1.14 bits per heavy atom. The number of unbranched alkanes of at least 4 members (excludes halogenated alkanes) is 1. The summed E-state index contributed by atoms with van der Waals surface area (Å²) in [5.41, 5.74) is 2.43. The van der Waals surface area contributed by atoms with Gasteiger partial charge in [-0.2, -0.15) is 0 Å². The average molecular weight is 1360 g/mol. The van der Waals surface area contributed by atoms with Gasteiger partial charge in [-0.25, -0.2) is 0 Å². The quantitative estimate of drug-likeness (QED) is 0.0231. The highest BCUT2D eigenvalue weighted by atomic mass is 16.5. The summed E-state index contributed by atoms with van der Waals surface area (Å²) < 4.78 is 19.3. The molecule has 4 amide bonds. The Kier molecular flexibility index (Phi) is 29.2. The number of aliphatic hydroxyl groups is 1. The first-order valence-corrected chi connectivity index (χ1v) is 36.4. The fourth-order valence-corrected chi connectivity index (χ4v) is 15.5. The largest absolute Gasteiger partial charge is 0.396 e. The van der Waals surface area contributed by atoms with Crippen molar-refractivity contribution in [3.05, 3.63) is 155 Å². The molecule has 4 saturated heterocycles. The van der Waals surface area contributed by atoms with Gasteiger partial charge in [-0.3, -0.25) is 43.0 Å². The maximum absolute atomic E-state index is 15.0. The van der Waals surface area contributed by atoms with Crippen molar-refractivity contribution in [2.75, 3.05) is 60.3 Å². The molecule has 10 atom stereocenters. The van der Waals surface area contributed by atoms with Crippen LogP contribution < -0.4 is 21.3 Å². The maximum Gasteiger partial charge on any atom is 0.246 e. The van der Waals surface area contributed by atoms with Crippen molar-refractivity contribution in [2.24, 2.45) is 17.8 Å². The number of benzene rings is 4. The smallest absolute Gasteiger partial charge is 0.246 e. The molecule has 1 aromatic heterocycles. The number of aryl methyl sites for hydroxylation is 2. The second kappa shape index (κ2) is 38.2. The number of fused-ring (bicyclic) bond motifs is 2. The van der Waals surface area contributed by atoms with Crippen LogP contribution in [0.15, 0.2) is 128 Å². The van der Waals surface area contributed by atoms with Gasteiger partial charge in [0.15, 0.2) is 17.3 Å². The van der Waals surface area contributed by atoms with E-state index < -0.39 is 53.5 Å². The molecule has 9 rings (SSSR count). The molecule has 4 aliphatic rings. The summed E-state index contributed by atoms with van der Waals surface area (Å²) in [5, 5.41) is 31.5. The van der Waals surface area contributed by atoms with E-state index in [4.69, 9.17) is 14.2 Å². The summed E-state index contributed by atoms with van der Waals surface area (Å²) in [6.07, 6.45) is 11.2. The Bertz CT molecular complexity index is 3310. The van der Waals surface area contributed by atoms with Gasteiger partial charge in [0.2, 0.25) is 23.6 Å². The number of nitrogens with one attached hydrogen (secondary N) is 4. The molecule has 4 fully saturated rings. The van der Waals surface area contributed by atoms with Crippen LogP contribution in [0.1, 0.15) is 170 Å². The lowest BCUT2D eigenvalue weighted by molar-refractivity contribution is -0.146. The molecule has 4 aromatic carbocycles. The number of ether oxygens (including phenoxy) is 3. The summed E-state index contributed by atoms with van der Waals surface area (Å²) in [4.78, 5) is 118. The molecule has 0 radical (unpaired) electrons. The molecule has 21 nitrogen and oxygen atoms in total. The van der Waals surface area contributed by atoms with Crippen molar-refractivity contribution >= 4 is 46.8 Å². The molecule has 0 bridgehead atoms. The van der Waals surface area contributed by atoms with E-state index in [1.54, 1.807) is 28.6 Å². The molecule has 99 heavy (non-hydrogen) atoms. The first kappa shape index (κ1) is 75.5. The van der Waals surface area contributed by atoms with Gasteiger partial charge in [0, 0.05) is 82.7 Å². The highest BCUT2D eigenvalue weighted by Crippen LogP contribution is 2.41. The Morgan fingerprint density at radius 3 is 1.72 bits per heavy atom. The van der Waals surface area contributed by atoms with Crippen LogP contribution in [-0.2, 0) is 71.1 Å². The monoisotopic (exact) mass is 1360 g/mol. The number of ketones is 4. The van der Waals surface area contributed by atoms with E-state index in [1.165, 1.54) is 0 Å². The lowest BCUT2D eigenvalue weighted by atomic mass is 9.77.